The molecule has 0 aliphatic rings. The van der Waals surface area contributed by atoms with Gasteiger partial charge in [0.1, 0.15) is 0 Å². The van der Waals surface area contributed by atoms with Gasteiger partial charge in [-0.3, -0.25) is 0 Å². The van der Waals surface area contributed by atoms with Crippen molar-refractivity contribution in [2.45, 2.75) is 111 Å². The summed E-state index contributed by atoms with van der Waals surface area (Å²) in [6.45, 7) is 9.45. The lowest BCUT2D eigenvalue weighted by Gasteiger charge is -2.11. The molecule has 34 heavy (non-hydrogen) atoms. The number of rotatable bonds is 19. The van der Waals surface area contributed by atoms with E-state index in [9.17, 15) is 9.59 Å². The maximum atomic E-state index is 12.4. The molecule has 192 valence electrons. The number of ether oxygens (including phenoxy) is 2. The van der Waals surface area contributed by atoms with Crippen LogP contribution in [-0.4, -0.2) is 25.2 Å². The molecular formula is C30H48O4. The number of benzene rings is 1. The molecule has 0 spiro atoms. The summed E-state index contributed by atoms with van der Waals surface area (Å²) in [5.74, 6) is -0.269. The predicted molar refractivity (Wildman–Crippen MR) is 141 cm³/mol. The quantitative estimate of drug-likeness (QED) is 0.115. The number of hydrogen-bond acceptors (Lipinski definition) is 4. The van der Waals surface area contributed by atoms with Crippen LogP contribution in [0.3, 0.4) is 0 Å². The molecule has 0 N–H and O–H groups in total. The SMILES string of the molecule is CCCCCCCCCCCCOC(=O)c1cccc(C(=O)OCCC(C)CCC=C(C)C)c1. The van der Waals surface area contributed by atoms with E-state index >= 15 is 0 Å². The molecule has 4 heteroatoms. The number of carbonyl (C=O) groups is 2. The lowest BCUT2D eigenvalue weighted by Crippen LogP contribution is -2.11. The van der Waals surface area contributed by atoms with Crippen LogP contribution in [0.25, 0.3) is 0 Å². The summed E-state index contributed by atoms with van der Waals surface area (Å²) in [5, 5.41) is 0. The Morgan fingerprint density at radius 3 is 1.88 bits per heavy atom. The van der Waals surface area contributed by atoms with Crippen molar-refractivity contribution in [1.82, 2.24) is 0 Å². The molecule has 1 unspecified atom stereocenters. The second-order valence-electron chi connectivity index (χ2n) is 9.79. The van der Waals surface area contributed by atoms with Gasteiger partial charge >= 0.3 is 11.9 Å². The predicted octanol–water partition coefficient (Wildman–Crippen LogP) is 8.69. The summed E-state index contributed by atoms with van der Waals surface area (Å²) >= 11 is 0. The Hall–Kier alpha value is -2.10. The smallest absolute Gasteiger partial charge is 0.338 e. The first-order valence-electron chi connectivity index (χ1n) is 13.5. The van der Waals surface area contributed by atoms with Gasteiger partial charge in [-0.05, 0) is 63.6 Å². The van der Waals surface area contributed by atoms with Crippen LogP contribution >= 0.6 is 0 Å². The largest absolute Gasteiger partial charge is 0.462 e. The van der Waals surface area contributed by atoms with E-state index in [1.807, 2.05) is 0 Å². The number of unbranched alkanes of at least 4 members (excludes halogenated alkanes) is 9. The van der Waals surface area contributed by atoms with Gasteiger partial charge in [0.2, 0.25) is 0 Å². The molecule has 0 heterocycles. The van der Waals surface area contributed by atoms with Crippen LogP contribution in [0.2, 0.25) is 0 Å². The first-order valence-corrected chi connectivity index (χ1v) is 13.5. The first kappa shape index (κ1) is 29.9. The molecule has 0 fully saturated rings. The van der Waals surface area contributed by atoms with E-state index in [0.29, 0.717) is 30.3 Å². The van der Waals surface area contributed by atoms with Gasteiger partial charge in [0, 0.05) is 0 Å². The molecule has 1 aromatic rings. The van der Waals surface area contributed by atoms with Crippen LogP contribution in [0.4, 0.5) is 0 Å². The molecule has 0 aliphatic heterocycles. The van der Waals surface area contributed by atoms with Crippen molar-refractivity contribution in [2.24, 2.45) is 5.92 Å². The van der Waals surface area contributed by atoms with Crippen molar-refractivity contribution in [1.29, 1.82) is 0 Å². The Morgan fingerprint density at radius 1 is 0.794 bits per heavy atom. The molecule has 0 saturated heterocycles. The fourth-order valence-corrected chi connectivity index (χ4v) is 3.85. The zero-order valence-electron chi connectivity index (χ0n) is 22.2. The minimum atomic E-state index is -0.388. The zero-order valence-corrected chi connectivity index (χ0v) is 22.2. The number of allylic oxidation sites excluding steroid dienone is 2. The summed E-state index contributed by atoms with van der Waals surface area (Å²) in [5.41, 5.74) is 2.13. The van der Waals surface area contributed by atoms with Crippen LogP contribution < -0.4 is 0 Å². The van der Waals surface area contributed by atoms with Gasteiger partial charge in [0.05, 0.1) is 24.3 Å². The second kappa shape index (κ2) is 19.2. The van der Waals surface area contributed by atoms with E-state index in [2.05, 4.69) is 33.8 Å². The van der Waals surface area contributed by atoms with Gasteiger partial charge in [-0.2, -0.15) is 0 Å². The third-order valence-corrected chi connectivity index (χ3v) is 6.12. The van der Waals surface area contributed by atoms with E-state index in [4.69, 9.17) is 9.47 Å². The van der Waals surface area contributed by atoms with Crippen LogP contribution in [0.5, 0.6) is 0 Å². The molecule has 1 rings (SSSR count). The molecule has 0 amide bonds. The molecule has 1 atom stereocenters. The van der Waals surface area contributed by atoms with E-state index < -0.39 is 0 Å². The van der Waals surface area contributed by atoms with Gasteiger partial charge in [-0.1, -0.05) is 89.4 Å². The Bertz CT molecular complexity index is 718. The molecule has 0 bridgehead atoms. The van der Waals surface area contributed by atoms with Gasteiger partial charge < -0.3 is 9.47 Å². The molecule has 0 aromatic heterocycles. The highest BCUT2D eigenvalue weighted by molar-refractivity contribution is 5.95. The van der Waals surface area contributed by atoms with Gasteiger partial charge in [0.15, 0.2) is 0 Å². The number of carbonyl (C=O) groups excluding carboxylic acids is 2. The number of hydrogen-bond donors (Lipinski definition) is 0. The summed E-state index contributed by atoms with van der Waals surface area (Å²) in [6.07, 6.45) is 17.7. The maximum Gasteiger partial charge on any atom is 0.338 e. The highest BCUT2D eigenvalue weighted by Crippen LogP contribution is 2.14. The van der Waals surface area contributed by atoms with Gasteiger partial charge in [0.25, 0.3) is 0 Å². The third kappa shape index (κ3) is 14.9. The van der Waals surface area contributed by atoms with E-state index in [1.165, 1.54) is 56.9 Å². The summed E-state index contributed by atoms with van der Waals surface area (Å²) in [6, 6.07) is 6.64. The third-order valence-electron chi connectivity index (χ3n) is 6.12. The van der Waals surface area contributed by atoms with Crippen molar-refractivity contribution in [2.75, 3.05) is 13.2 Å². The number of esters is 2. The van der Waals surface area contributed by atoms with Crippen LogP contribution in [-0.2, 0) is 9.47 Å². The average molecular weight is 473 g/mol. The van der Waals surface area contributed by atoms with Crippen LogP contribution in [0.1, 0.15) is 132 Å². The zero-order chi connectivity index (χ0) is 25.0. The minimum absolute atomic E-state index is 0.376. The van der Waals surface area contributed by atoms with E-state index in [1.54, 1.807) is 24.3 Å². The Morgan fingerprint density at radius 2 is 1.32 bits per heavy atom. The second-order valence-corrected chi connectivity index (χ2v) is 9.79. The van der Waals surface area contributed by atoms with Crippen molar-refractivity contribution in [3.63, 3.8) is 0 Å². The van der Waals surface area contributed by atoms with Gasteiger partial charge in [-0.25, -0.2) is 9.59 Å². The van der Waals surface area contributed by atoms with Gasteiger partial charge in [-0.15, -0.1) is 0 Å². The average Bonchev–Trinajstić information content (AvgIpc) is 2.82. The van der Waals surface area contributed by atoms with Crippen LogP contribution in [0, 0.1) is 5.92 Å². The maximum absolute atomic E-state index is 12.4. The summed E-state index contributed by atoms with van der Waals surface area (Å²) in [4.78, 5) is 24.7. The lowest BCUT2D eigenvalue weighted by atomic mass is 10.0. The Kier molecular flexibility index (Phi) is 16.9. The van der Waals surface area contributed by atoms with Crippen LogP contribution in [0.15, 0.2) is 35.9 Å². The fraction of sp³-hybridized carbons (Fsp3) is 0.667. The Balaban J connectivity index is 2.22. The Labute approximate surface area is 208 Å². The van der Waals surface area contributed by atoms with E-state index in [0.717, 1.165) is 32.1 Å². The lowest BCUT2D eigenvalue weighted by molar-refractivity contribution is 0.0484. The minimum Gasteiger partial charge on any atom is -0.462 e. The molecule has 0 radical (unpaired) electrons. The molecule has 0 aliphatic carbocycles. The normalized spacial score (nSPS) is 11.6. The standard InChI is InChI=1S/C30H48O4/c1-5-6-7-8-9-10-11-12-13-14-22-33-29(31)27-19-16-20-28(24-27)30(32)34-23-21-26(4)18-15-17-25(2)3/h16-17,19-20,24,26H,5-15,18,21-23H2,1-4H3. The molecule has 1 aromatic carbocycles. The van der Waals surface area contributed by atoms with Crippen molar-refractivity contribution >= 4 is 11.9 Å². The summed E-state index contributed by atoms with van der Waals surface area (Å²) in [7, 11) is 0. The topological polar surface area (TPSA) is 52.6 Å². The van der Waals surface area contributed by atoms with Crippen molar-refractivity contribution in [3.05, 3.63) is 47.0 Å². The highest BCUT2D eigenvalue weighted by atomic mass is 16.5. The molecule has 4 nitrogen and oxygen atoms in total. The monoisotopic (exact) mass is 472 g/mol. The molecular weight excluding hydrogens is 424 g/mol. The van der Waals surface area contributed by atoms with E-state index in [-0.39, 0.29) is 11.9 Å². The van der Waals surface area contributed by atoms with Crippen molar-refractivity contribution < 1.29 is 19.1 Å². The molecule has 0 saturated carbocycles. The van der Waals surface area contributed by atoms with Crippen molar-refractivity contribution in [3.8, 4) is 0 Å². The summed E-state index contributed by atoms with van der Waals surface area (Å²) < 4.78 is 10.8. The fourth-order valence-electron chi connectivity index (χ4n) is 3.85. The first-order chi connectivity index (χ1) is 16.4. The highest BCUT2D eigenvalue weighted by Gasteiger charge is 2.13.